The van der Waals surface area contributed by atoms with Gasteiger partial charge in [-0.05, 0) is 6.92 Å². The first-order chi connectivity index (χ1) is 13.0. The third kappa shape index (κ3) is 4.81. The first-order valence-electron chi connectivity index (χ1n) is 8.25. The van der Waals surface area contributed by atoms with Crippen LogP contribution in [0.3, 0.4) is 0 Å². The van der Waals surface area contributed by atoms with Crippen LogP contribution < -0.4 is 4.74 Å². The van der Waals surface area contributed by atoms with Gasteiger partial charge in [0.1, 0.15) is 23.0 Å². The Kier molecular flexibility index (Phi) is 6.31. The molecule has 2 rings (SSSR count). The lowest BCUT2D eigenvalue weighted by molar-refractivity contribution is -0.385. The van der Waals surface area contributed by atoms with Crippen molar-refractivity contribution >= 4 is 17.7 Å². The van der Waals surface area contributed by atoms with Gasteiger partial charge in [0.05, 0.1) is 11.5 Å². The van der Waals surface area contributed by atoms with E-state index in [0.717, 1.165) is 4.90 Å². The van der Waals surface area contributed by atoms with Crippen LogP contribution in [0.25, 0.3) is 0 Å². The quantitative estimate of drug-likeness (QED) is 0.453. The highest BCUT2D eigenvalue weighted by atomic mass is 19.4. The van der Waals surface area contributed by atoms with Gasteiger partial charge in [-0.2, -0.15) is 13.2 Å². The maximum Gasteiger partial charge on any atom is 0.420 e. The van der Waals surface area contributed by atoms with Gasteiger partial charge in [0.25, 0.3) is 5.69 Å². The predicted octanol–water partition coefficient (Wildman–Crippen LogP) is 3.31. The number of benzene rings is 1. The van der Waals surface area contributed by atoms with Gasteiger partial charge in [-0.25, -0.2) is 9.59 Å². The van der Waals surface area contributed by atoms with Gasteiger partial charge in [0.2, 0.25) is 0 Å². The zero-order valence-electron chi connectivity index (χ0n) is 14.7. The van der Waals surface area contributed by atoms with Crippen molar-refractivity contribution in [2.75, 3.05) is 19.7 Å². The summed E-state index contributed by atoms with van der Waals surface area (Å²) in [6.07, 6.45) is -6.58. The Bertz CT molecular complexity index is 774. The molecule has 9 nitrogen and oxygen atoms in total. The molecule has 1 aromatic carbocycles. The summed E-state index contributed by atoms with van der Waals surface area (Å²) in [6, 6.07) is 0.899. The zero-order valence-corrected chi connectivity index (χ0v) is 14.7. The van der Waals surface area contributed by atoms with Crippen molar-refractivity contribution < 1.29 is 42.3 Å². The van der Waals surface area contributed by atoms with E-state index in [-0.39, 0.29) is 38.6 Å². The number of carbonyl (C=O) groups is 2. The summed E-state index contributed by atoms with van der Waals surface area (Å²) in [5, 5.41) is 20.1. The first-order valence-corrected chi connectivity index (χ1v) is 8.25. The van der Waals surface area contributed by atoms with E-state index in [9.17, 15) is 32.9 Å². The molecule has 0 aromatic heterocycles. The second-order valence-corrected chi connectivity index (χ2v) is 5.93. The lowest BCUT2D eigenvalue weighted by Crippen LogP contribution is -2.41. The molecule has 154 valence electrons. The van der Waals surface area contributed by atoms with E-state index >= 15 is 0 Å². The summed E-state index contributed by atoms with van der Waals surface area (Å²) < 4.78 is 50.2. The fraction of sp³-hybridized carbons (Fsp3) is 0.500. The molecule has 0 saturated carbocycles. The number of piperidine rings is 1. The van der Waals surface area contributed by atoms with E-state index < -0.39 is 51.8 Å². The minimum atomic E-state index is -4.96. The van der Waals surface area contributed by atoms with Crippen LogP contribution in [0, 0.1) is 10.1 Å². The molecule has 1 fully saturated rings. The number of nitro benzene ring substituents is 1. The number of rotatable bonds is 5. The molecule has 1 amide bonds. The monoisotopic (exact) mass is 406 g/mol. The minimum Gasteiger partial charge on any atom is -0.490 e. The number of halogens is 3. The van der Waals surface area contributed by atoms with Crippen molar-refractivity contribution in [3.8, 4) is 5.75 Å². The molecular weight excluding hydrogens is 389 g/mol. The van der Waals surface area contributed by atoms with Crippen LogP contribution in [-0.4, -0.2) is 52.8 Å². The maximum atomic E-state index is 13.4. The van der Waals surface area contributed by atoms with E-state index in [1.165, 1.54) is 6.92 Å². The number of hydrogen-bond acceptors (Lipinski definition) is 6. The summed E-state index contributed by atoms with van der Waals surface area (Å²) in [5.74, 6) is -1.89. The molecule has 28 heavy (non-hydrogen) atoms. The Morgan fingerprint density at radius 2 is 1.93 bits per heavy atom. The number of carboxylic acid groups (broad SMARTS) is 1. The van der Waals surface area contributed by atoms with Gasteiger partial charge in [-0.3, -0.25) is 10.1 Å². The Balaban J connectivity index is 2.40. The van der Waals surface area contributed by atoms with Gasteiger partial charge in [-0.15, -0.1) is 0 Å². The van der Waals surface area contributed by atoms with Gasteiger partial charge >= 0.3 is 18.2 Å². The summed E-state index contributed by atoms with van der Waals surface area (Å²) in [4.78, 5) is 34.0. The fourth-order valence-corrected chi connectivity index (χ4v) is 2.76. The number of amides is 1. The van der Waals surface area contributed by atoms with Gasteiger partial charge < -0.3 is 19.5 Å². The third-order valence-electron chi connectivity index (χ3n) is 4.10. The average Bonchev–Trinajstić information content (AvgIpc) is 2.60. The van der Waals surface area contributed by atoms with E-state index in [4.69, 9.17) is 9.84 Å². The SMILES string of the molecule is CCOC(=O)c1cc(OC2CCN(C(=O)O)CC2)c(C(F)(F)F)cc1[N+](=O)[O-]. The molecule has 1 aliphatic rings. The molecule has 1 N–H and O–H groups in total. The molecule has 12 heteroatoms. The number of nitro groups is 1. The lowest BCUT2D eigenvalue weighted by atomic mass is 10.1. The van der Waals surface area contributed by atoms with Crippen LogP contribution in [0.4, 0.5) is 23.7 Å². The molecule has 1 aliphatic heterocycles. The van der Waals surface area contributed by atoms with Crippen molar-refractivity contribution in [2.24, 2.45) is 0 Å². The standard InChI is InChI=1S/C16H17F3N2O7/c1-2-27-14(22)10-7-13(11(16(17,18)19)8-12(10)21(25)26)28-9-3-5-20(6-4-9)15(23)24/h7-9H,2-6H2,1H3,(H,23,24). The number of alkyl halides is 3. The predicted molar refractivity (Wildman–Crippen MR) is 87.3 cm³/mol. The highest BCUT2D eigenvalue weighted by molar-refractivity contribution is 5.94. The summed E-state index contributed by atoms with van der Waals surface area (Å²) >= 11 is 0. The maximum absolute atomic E-state index is 13.4. The topological polar surface area (TPSA) is 119 Å². The van der Waals surface area contributed by atoms with E-state index in [2.05, 4.69) is 4.74 Å². The smallest absolute Gasteiger partial charge is 0.420 e. The number of likely N-dealkylation sites (tertiary alicyclic amines) is 1. The molecule has 0 atom stereocenters. The molecule has 1 aromatic rings. The summed E-state index contributed by atoms with van der Waals surface area (Å²) in [6.45, 7) is 1.46. The second kappa shape index (κ2) is 8.31. The largest absolute Gasteiger partial charge is 0.490 e. The van der Waals surface area contributed by atoms with Crippen LogP contribution >= 0.6 is 0 Å². The molecule has 0 aliphatic carbocycles. The van der Waals surface area contributed by atoms with Crippen molar-refractivity contribution in [3.63, 3.8) is 0 Å². The van der Waals surface area contributed by atoms with Crippen molar-refractivity contribution in [2.45, 2.75) is 32.0 Å². The van der Waals surface area contributed by atoms with Crippen molar-refractivity contribution in [1.29, 1.82) is 0 Å². The number of ether oxygens (including phenoxy) is 2. The molecule has 1 saturated heterocycles. The Hall–Kier alpha value is -3.05. The van der Waals surface area contributed by atoms with Crippen molar-refractivity contribution in [1.82, 2.24) is 4.90 Å². The number of hydrogen-bond donors (Lipinski definition) is 1. The van der Waals surface area contributed by atoms with Crippen molar-refractivity contribution in [3.05, 3.63) is 33.4 Å². The van der Waals surface area contributed by atoms with E-state index in [1.54, 1.807) is 0 Å². The number of nitrogens with zero attached hydrogens (tertiary/aromatic N) is 2. The second-order valence-electron chi connectivity index (χ2n) is 5.93. The average molecular weight is 406 g/mol. The van der Waals surface area contributed by atoms with Gasteiger partial charge in [0.15, 0.2) is 0 Å². The zero-order chi connectivity index (χ0) is 21.1. The van der Waals surface area contributed by atoms with Gasteiger partial charge in [-0.1, -0.05) is 0 Å². The van der Waals surface area contributed by atoms with Crippen LogP contribution in [0.1, 0.15) is 35.7 Å². The highest BCUT2D eigenvalue weighted by Gasteiger charge is 2.39. The summed E-state index contributed by atoms with van der Waals surface area (Å²) in [5.41, 5.74) is -3.09. The molecule has 0 spiro atoms. The molecule has 0 bridgehead atoms. The van der Waals surface area contributed by atoms with Crippen LogP contribution in [0.5, 0.6) is 5.75 Å². The molecular formula is C16H17F3N2O7. The van der Waals surface area contributed by atoms with E-state index in [0.29, 0.717) is 6.07 Å². The molecule has 1 heterocycles. The number of esters is 1. The van der Waals surface area contributed by atoms with E-state index in [1.807, 2.05) is 0 Å². The molecule has 0 radical (unpaired) electrons. The Morgan fingerprint density at radius 3 is 2.39 bits per heavy atom. The van der Waals surface area contributed by atoms with Crippen LogP contribution in [0.2, 0.25) is 0 Å². The fourth-order valence-electron chi connectivity index (χ4n) is 2.76. The normalized spacial score (nSPS) is 15.2. The van der Waals surface area contributed by atoms with Crippen LogP contribution in [0.15, 0.2) is 12.1 Å². The lowest BCUT2D eigenvalue weighted by Gasteiger charge is -2.31. The van der Waals surface area contributed by atoms with Crippen LogP contribution in [-0.2, 0) is 10.9 Å². The summed E-state index contributed by atoms with van der Waals surface area (Å²) in [7, 11) is 0. The number of carbonyl (C=O) groups excluding carboxylic acids is 1. The Morgan fingerprint density at radius 1 is 1.32 bits per heavy atom. The molecule has 0 unspecified atom stereocenters. The van der Waals surface area contributed by atoms with Gasteiger partial charge in [0, 0.05) is 38.1 Å². The minimum absolute atomic E-state index is 0.0685. The third-order valence-corrected chi connectivity index (χ3v) is 4.10. The first kappa shape index (κ1) is 21.3. The Labute approximate surface area is 156 Å². The highest BCUT2D eigenvalue weighted by Crippen LogP contribution is 2.41.